The number of benzene rings is 1. The third-order valence-electron chi connectivity index (χ3n) is 2.81. The predicted octanol–water partition coefficient (Wildman–Crippen LogP) is 4.00. The van der Waals surface area contributed by atoms with E-state index in [4.69, 9.17) is 0 Å². The zero-order valence-corrected chi connectivity index (χ0v) is 9.79. The van der Waals surface area contributed by atoms with Crippen LogP contribution in [0, 0.1) is 35.0 Å². The van der Waals surface area contributed by atoms with Gasteiger partial charge in [0.2, 0.25) is 5.82 Å². The molecule has 0 fully saturated rings. The largest absolute Gasteiger partial charge is 0.294 e. The molecule has 1 nitrogen and oxygen atoms in total. The highest BCUT2D eigenvalue weighted by Crippen LogP contribution is 2.26. The van der Waals surface area contributed by atoms with Gasteiger partial charge >= 0.3 is 0 Å². The third-order valence-corrected chi connectivity index (χ3v) is 2.81. The monoisotopic (exact) mass is 266 g/mol. The third kappa shape index (κ3) is 2.23. The number of halogens is 5. The summed E-state index contributed by atoms with van der Waals surface area (Å²) in [6.45, 7) is 3.19. The Morgan fingerprint density at radius 2 is 1.17 bits per heavy atom. The maximum Gasteiger partial charge on any atom is 0.200 e. The van der Waals surface area contributed by atoms with E-state index in [0.29, 0.717) is 0 Å². The maximum atomic E-state index is 13.3. The Morgan fingerprint density at radius 3 is 1.50 bits per heavy atom. The van der Waals surface area contributed by atoms with E-state index < -0.39 is 46.4 Å². The topological polar surface area (TPSA) is 17.1 Å². The van der Waals surface area contributed by atoms with Crippen LogP contribution in [0.5, 0.6) is 0 Å². The normalized spacial score (nSPS) is 11.1. The molecule has 1 rings (SSSR count). The molecule has 0 N–H and O–H groups in total. The first kappa shape index (κ1) is 14.6. The maximum absolute atomic E-state index is 13.3. The van der Waals surface area contributed by atoms with Crippen molar-refractivity contribution in [2.24, 2.45) is 5.92 Å². The van der Waals surface area contributed by atoms with Crippen molar-refractivity contribution >= 4 is 5.78 Å². The second-order valence-corrected chi connectivity index (χ2v) is 3.82. The molecule has 0 saturated heterocycles. The lowest BCUT2D eigenvalue weighted by molar-refractivity contribution is 0.0901. The number of carbonyl (C=O) groups is 1. The lowest BCUT2D eigenvalue weighted by Gasteiger charge is -2.13. The first-order chi connectivity index (χ1) is 8.36. The summed E-state index contributed by atoms with van der Waals surface area (Å²) in [5, 5.41) is 0. The minimum atomic E-state index is -2.26. The molecular weight excluding hydrogens is 255 g/mol. The van der Waals surface area contributed by atoms with Crippen LogP contribution in [0.4, 0.5) is 22.0 Å². The van der Waals surface area contributed by atoms with Crippen LogP contribution in [0.15, 0.2) is 0 Å². The fourth-order valence-corrected chi connectivity index (χ4v) is 1.68. The van der Waals surface area contributed by atoms with E-state index in [0.717, 1.165) is 0 Å². The Morgan fingerprint density at radius 1 is 0.833 bits per heavy atom. The molecule has 18 heavy (non-hydrogen) atoms. The Balaban J connectivity index is 3.46. The van der Waals surface area contributed by atoms with Crippen molar-refractivity contribution in [3.63, 3.8) is 0 Å². The molecule has 1 aromatic rings. The van der Waals surface area contributed by atoms with Gasteiger partial charge in [0.25, 0.3) is 0 Å². The molecule has 0 radical (unpaired) electrons. The zero-order valence-electron chi connectivity index (χ0n) is 9.79. The molecule has 0 heterocycles. The van der Waals surface area contributed by atoms with Gasteiger partial charge in [0.1, 0.15) is 0 Å². The Kier molecular flexibility index (Phi) is 4.43. The smallest absolute Gasteiger partial charge is 0.200 e. The van der Waals surface area contributed by atoms with E-state index in [-0.39, 0.29) is 12.8 Å². The van der Waals surface area contributed by atoms with Crippen LogP contribution in [0.3, 0.4) is 0 Å². The molecule has 0 atom stereocenters. The lowest BCUT2D eigenvalue weighted by Crippen LogP contribution is -2.19. The van der Waals surface area contributed by atoms with Gasteiger partial charge in [-0.3, -0.25) is 4.79 Å². The summed E-state index contributed by atoms with van der Waals surface area (Å²) in [4.78, 5) is 11.7. The number of hydrogen-bond acceptors (Lipinski definition) is 1. The van der Waals surface area contributed by atoms with Crippen molar-refractivity contribution in [2.75, 3.05) is 0 Å². The first-order valence-corrected chi connectivity index (χ1v) is 5.42. The molecular formula is C12H11F5O. The number of carbonyl (C=O) groups excluding carboxylic acids is 1. The Bertz CT molecular complexity index is 451. The average molecular weight is 266 g/mol. The average Bonchev–Trinajstić information content (AvgIpc) is 2.36. The first-order valence-electron chi connectivity index (χ1n) is 5.42. The summed E-state index contributed by atoms with van der Waals surface area (Å²) < 4.78 is 65.3. The van der Waals surface area contributed by atoms with Crippen molar-refractivity contribution in [3.8, 4) is 0 Å². The van der Waals surface area contributed by atoms with E-state index in [1.54, 1.807) is 13.8 Å². The molecule has 0 aliphatic carbocycles. The number of ketones is 1. The second-order valence-electron chi connectivity index (χ2n) is 3.82. The fourth-order valence-electron chi connectivity index (χ4n) is 1.68. The van der Waals surface area contributed by atoms with Crippen molar-refractivity contribution < 1.29 is 26.7 Å². The van der Waals surface area contributed by atoms with Crippen molar-refractivity contribution in [1.29, 1.82) is 0 Å². The van der Waals surface area contributed by atoms with Crippen molar-refractivity contribution in [2.45, 2.75) is 26.7 Å². The van der Waals surface area contributed by atoms with Crippen molar-refractivity contribution in [1.82, 2.24) is 0 Å². The van der Waals surface area contributed by atoms with Gasteiger partial charge in [0, 0.05) is 5.92 Å². The van der Waals surface area contributed by atoms with Gasteiger partial charge in [-0.05, 0) is 12.8 Å². The molecule has 100 valence electrons. The molecule has 0 unspecified atom stereocenters. The van der Waals surface area contributed by atoms with E-state index >= 15 is 0 Å². The molecule has 0 aliphatic rings. The zero-order chi connectivity index (χ0) is 14.0. The van der Waals surface area contributed by atoms with Crippen LogP contribution in [0.25, 0.3) is 0 Å². The number of hydrogen-bond donors (Lipinski definition) is 0. The van der Waals surface area contributed by atoms with Crippen LogP contribution in [0.2, 0.25) is 0 Å². The second kappa shape index (κ2) is 5.46. The standard InChI is InChI=1S/C12H11F5O/c1-3-5(4-2)12(18)6-7(13)9(15)11(17)10(16)8(6)14/h5H,3-4H2,1-2H3. The van der Waals surface area contributed by atoms with Crippen LogP contribution in [-0.2, 0) is 0 Å². The minimum absolute atomic E-state index is 0.259. The quantitative estimate of drug-likeness (QED) is 0.348. The molecule has 0 aliphatic heterocycles. The van der Waals surface area contributed by atoms with Gasteiger partial charge in [0.05, 0.1) is 5.56 Å². The lowest BCUT2D eigenvalue weighted by atomic mass is 9.92. The summed E-state index contributed by atoms with van der Waals surface area (Å²) in [6, 6.07) is 0. The summed E-state index contributed by atoms with van der Waals surface area (Å²) in [6.07, 6.45) is 0.518. The molecule has 6 heteroatoms. The highest BCUT2D eigenvalue weighted by Gasteiger charge is 2.31. The molecule has 0 aromatic heterocycles. The van der Waals surface area contributed by atoms with E-state index in [2.05, 4.69) is 0 Å². The fraction of sp³-hybridized carbons (Fsp3) is 0.417. The van der Waals surface area contributed by atoms with Gasteiger partial charge < -0.3 is 0 Å². The van der Waals surface area contributed by atoms with Crippen LogP contribution in [0.1, 0.15) is 37.0 Å². The number of Topliss-reactive ketones (excluding diaryl/α,β-unsaturated/α-hetero) is 1. The Hall–Kier alpha value is -1.46. The van der Waals surface area contributed by atoms with Gasteiger partial charge in [-0.1, -0.05) is 13.8 Å². The summed E-state index contributed by atoms with van der Waals surface area (Å²) in [7, 11) is 0. The van der Waals surface area contributed by atoms with Gasteiger partial charge in [-0.2, -0.15) is 0 Å². The minimum Gasteiger partial charge on any atom is -0.294 e. The molecule has 0 saturated carbocycles. The van der Waals surface area contributed by atoms with E-state index in [9.17, 15) is 26.7 Å². The molecule has 0 bridgehead atoms. The highest BCUT2D eigenvalue weighted by atomic mass is 19.2. The summed E-state index contributed by atoms with van der Waals surface area (Å²) in [5.74, 6) is -12.4. The molecule has 0 amide bonds. The van der Waals surface area contributed by atoms with Gasteiger partial charge in [0.15, 0.2) is 29.1 Å². The predicted molar refractivity (Wildman–Crippen MR) is 54.6 cm³/mol. The highest BCUT2D eigenvalue weighted by molar-refractivity contribution is 5.98. The van der Waals surface area contributed by atoms with Gasteiger partial charge in [-0.15, -0.1) is 0 Å². The number of rotatable bonds is 4. The molecule has 0 spiro atoms. The van der Waals surface area contributed by atoms with Crippen LogP contribution < -0.4 is 0 Å². The summed E-state index contributed by atoms with van der Waals surface area (Å²) >= 11 is 0. The SMILES string of the molecule is CCC(CC)C(=O)c1c(F)c(F)c(F)c(F)c1F. The van der Waals surface area contributed by atoms with E-state index in [1.807, 2.05) is 0 Å². The van der Waals surface area contributed by atoms with Crippen LogP contribution in [-0.4, -0.2) is 5.78 Å². The van der Waals surface area contributed by atoms with Gasteiger partial charge in [-0.25, -0.2) is 22.0 Å². The van der Waals surface area contributed by atoms with E-state index in [1.165, 1.54) is 0 Å². The molecule has 1 aromatic carbocycles. The summed E-state index contributed by atoms with van der Waals surface area (Å²) in [5.41, 5.74) is -1.35. The van der Waals surface area contributed by atoms with Crippen LogP contribution >= 0.6 is 0 Å². The van der Waals surface area contributed by atoms with Crippen molar-refractivity contribution in [3.05, 3.63) is 34.6 Å². The Labute approximate surface area is 101 Å².